The number of hydrogen-bond acceptors (Lipinski definition) is 4. The van der Waals surface area contributed by atoms with Crippen LogP contribution in [0.2, 0.25) is 0 Å². The molecule has 0 saturated heterocycles. The number of aryl methyl sites for hydroxylation is 1. The van der Waals surface area contributed by atoms with Gasteiger partial charge < -0.3 is 9.67 Å². The summed E-state index contributed by atoms with van der Waals surface area (Å²) in [7, 11) is 1.62. The van der Waals surface area contributed by atoms with Gasteiger partial charge in [0.15, 0.2) is 5.78 Å². The number of ketones is 1. The number of aromatic hydroxyl groups is 1. The van der Waals surface area contributed by atoms with Crippen molar-refractivity contribution in [2.24, 2.45) is 7.05 Å². The fraction of sp³-hybridized carbons (Fsp3) is 0.120. The van der Waals surface area contributed by atoms with E-state index in [1.165, 1.54) is 4.57 Å². The van der Waals surface area contributed by atoms with E-state index in [1.807, 2.05) is 60.7 Å². The number of fused-ring (bicyclic) bond motifs is 1. The molecule has 4 nitrogen and oxygen atoms in total. The van der Waals surface area contributed by atoms with Gasteiger partial charge in [0.05, 0.1) is 5.52 Å². The van der Waals surface area contributed by atoms with E-state index in [0.717, 1.165) is 10.5 Å². The fourth-order valence-corrected chi connectivity index (χ4v) is 4.73. The van der Waals surface area contributed by atoms with Gasteiger partial charge in [-0.3, -0.25) is 9.59 Å². The van der Waals surface area contributed by atoms with Crippen molar-refractivity contribution in [3.63, 3.8) is 0 Å². The maximum atomic E-state index is 13.3. The summed E-state index contributed by atoms with van der Waals surface area (Å²) in [5.74, 6) is -0.605. The lowest BCUT2D eigenvalue weighted by molar-refractivity contribution is 0.0977. The van der Waals surface area contributed by atoms with Crippen LogP contribution in [0.1, 0.15) is 27.6 Å². The molecule has 0 saturated carbocycles. The Morgan fingerprint density at radius 1 is 0.933 bits per heavy atom. The van der Waals surface area contributed by atoms with Gasteiger partial charge >= 0.3 is 0 Å². The van der Waals surface area contributed by atoms with Crippen LogP contribution in [0, 0.1) is 0 Å². The van der Waals surface area contributed by atoms with Gasteiger partial charge in [-0.2, -0.15) is 0 Å². The molecule has 0 aliphatic heterocycles. The van der Waals surface area contributed by atoms with Crippen molar-refractivity contribution >= 4 is 28.4 Å². The molecular formula is C25H21NO3S. The van der Waals surface area contributed by atoms with E-state index >= 15 is 0 Å². The molecule has 5 heteroatoms. The Balaban J connectivity index is 1.74. The highest BCUT2D eigenvalue weighted by molar-refractivity contribution is 7.99. The zero-order valence-electron chi connectivity index (χ0n) is 16.5. The lowest BCUT2D eigenvalue weighted by Gasteiger charge is -2.17. The van der Waals surface area contributed by atoms with Gasteiger partial charge in [-0.15, -0.1) is 11.8 Å². The predicted molar refractivity (Wildman–Crippen MR) is 121 cm³/mol. The van der Waals surface area contributed by atoms with Crippen LogP contribution in [0.15, 0.2) is 94.6 Å². The summed E-state index contributed by atoms with van der Waals surface area (Å²) in [6.45, 7) is 0. The molecule has 0 aliphatic rings. The highest BCUT2D eigenvalue weighted by Gasteiger charge is 2.25. The number of nitrogens with zero attached hydrogens (tertiary/aromatic N) is 1. The number of rotatable bonds is 6. The third-order valence-electron chi connectivity index (χ3n) is 5.12. The molecule has 0 fully saturated rings. The Kier molecular flexibility index (Phi) is 5.72. The number of benzene rings is 3. The lowest BCUT2D eigenvalue weighted by Crippen LogP contribution is -2.25. The Morgan fingerprint density at radius 2 is 1.53 bits per heavy atom. The monoisotopic (exact) mass is 415 g/mol. The minimum Gasteiger partial charge on any atom is -0.506 e. The molecule has 1 aromatic heterocycles. The molecule has 0 radical (unpaired) electrons. The summed E-state index contributed by atoms with van der Waals surface area (Å²) in [6.07, 6.45) is 0.102. The number of carbonyl (C=O) groups is 1. The van der Waals surface area contributed by atoms with E-state index in [2.05, 4.69) is 0 Å². The van der Waals surface area contributed by atoms with Gasteiger partial charge in [0.1, 0.15) is 11.3 Å². The maximum Gasteiger partial charge on any atom is 0.265 e. The van der Waals surface area contributed by atoms with Crippen molar-refractivity contribution in [2.75, 3.05) is 0 Å². The quantitative estimate of drug-likeness (QED) is 0.341. The predicted octanol–water partition coefficient (Wildman–Crippen LogP) is 5.35. The highest BCUT2D eigenvalue weighted by atomic mass is 32.2. The largest absolute Gasteiger partial charge is 0.506 e. The second kappa shape index (κ2) is 8.59. The number of hydrogen-bond donors (Lipinski definition) is 1. The minimum absolute atomic E-state index is 0.102. The first kappa shape index (κ1) is 20.0. The van der Waals surface area contributed by atoms with Crippen molar-refractivity contribution < 1.29 is 9.90 Å². The molecule has 4 aromatic rings. The van der Waals surface area contributed by atoms with Crippen LogP contribution in [-0.2, 0) is 7.05 Å². The zero-order chi connectivity index (χ0) is 21.1. The topological polar surface area (TPSA) is 59.3 Å². The molecule has 0 spiro atoms. The smallest absolute Gasteiger partial charge is 0.265 e. The van der Waals surface area contributed by atoms with E-state index in [1.54, 1.807) is 43.1 Å². The molecule has 150 valence electrons. The minimum atomic E-state index is -0.479. The first-order valence-corrected chi connectivity index (χ1v) is 10.5. The summed E-state index contributed by atoms with van der Waals surface area (Å²) < 4.78 is 1.42. The molecule has 30 heavy (non-hydrogen) atoms. The van der Waals surface area contributed by atoms with Gasteiger partial charge in [-0.05, 0) is 29.8 Å². The second-order valence-corrected chi connectivity index (χ2v) is 8.34. The Hall–Kier alpha value is -3.31. The van der Waals surface area contributed by atoms with Crippen LogP contribution < -0.4 is 5.56 Å². The first-order chi connectivity index (χ1) is 14.6. The SMILES string of the molecule is Cn1c(=O)c(C(=O)C[C@H](Sc2ccccc2)c2ccccc2)c(O)c2ccccc21. The summed E-state index contributed by atoms with van der Waals surface area (Å²) in [5.41, 5.74) is 0.963. The molecule has 3 aromatic carbocycles. The van der Waals surface area contributed by atoms with Gasteiger partial charge in [0, 0.05) is 29.0 Å². The van der Waals surface area contributed by atoms with Gasteiger partial charge in [-0.25, -0.2) is 0 Å². The van der Waals surface area contributed by atoms with E-state index in [9.17, 15) is 14.7 Å². The van der Waals surface area contributed by atoms with E-state index in [-0.39, 0.29) is 28.8 Å². The van der Waals surface area contributed by atoms with Gasteiger partial charge in [-0.1, -0.05) is 60.7 Å². The third kappa shape index (κ3) is 3.89. The van der Waals surface area contributed by atoms with Crippen LogP contribution in [0.4, 0.5) is 0 Å². The van der Waals surface area contributed by atoms with Crippen LogP contribution in [0.5, 0.6) is 5.75 Å². The van der Waals surface area contributed by atoms with Gasteiger partial charge in [0.2, 0.25) is 0 Å². The average Bonchev–Trinajstić information content (AvgIpc) is 2.78. The third-order valence-corrected chi connectivity index (χ3v) is 6.39. The van der Waals surface area contributed by atoms with E-state index in [4.69, 9.17) is 0 Å². The number of thioether (sulfide) groups is 1. The lowest BCUT2D eigenvalue weighted by atomic mass is 10.0. The molecule has 4 rings (SSSR count). The highest BCUT2D eigenvalue weighted by Crippen LogP contribution is 2.39. The first-order valence-electron chi connectivity index (χ1n) is 9.67. The second-order valence-electron chi connectivity index (χ2n) is 7.06. The molecule has 1 N–H and O–H groups in total. The Labute approximate surface area is 178 Å². The number of aromatic nitrogens is 1. The molecule has 0 unspecified atom stereocenters. The zero-order valence-corrected chi connectivity index (χ0v) is 17.3. The summed E-state index contributed by atoms with van der Waals surface area (Å²) in [6, 6.07) is 26.7. The van der Waals surface area contributed by atoms with Crippen molar-refractivity contribution in [2.45, 2.75) is 16.6 Å². The molecule has 0 aliphatic carbocycles. The normalized spacial score (nSPS) is 12.0. The molecule has 0 bridgehead atoms. The Morgan fingerprint density at radius 3 is 2.23 bits per heavy atom. The average molecular weight is 416 g/mol. The number of carbonyl (C=O) groups excluding carboxylic acids is 1. The summed E-state index contributed by atoms with van der Waals surface area (Å²) in [5, 5.41) is 11.1. The number of Topliss-reactive ketones (excluding diaryl/α,β-unsaturated/α-hetero) is 1. The molecule has 0 amide bonds. The van der Waals surface area contributed by atoms with Crippen molar-refractivity contribution in [1.82, 2.24) is 4.57 Å². The van der Waals surface area contributed by atoms with Crippen molar-refractivity contribution in [3.8, 4) is 5.75 Å². The van der Waals surface area contributed by atoms with Crippen LogP contribution in [-0.4, -0.2) is 15.5 Å². The Bertz CT molecular complexity index is 1250. The summed E-state index contributed by atoms with van der Waals surface area (Å²) in [4.78, 5) is 27.2. The van der Waals surface area contributed by atoms with E-state index < -0.39 is 5.56 Å². The molecular weight excluding hydrogens is 394 g/mol. The summed E-state index contributed by atoms with van der Waals surface area (Å²) >= 11 is 1.57. The maximum absolute atomic E-state index is 13.3. The fourth-order valence-electron chi connectivity index (χ4n) is 3.56. The van der Waals surface area contributed by atoms with Crippen molar-refractivity contribution in [1.29, 1.82) is 0 Å². The van der Waals surface area contributed by atoms with Crippen LogP contribution in [0.3, 0.4) is 0 Å². The van der Waals surface area contributed by atoms with Crippen LogP contribution in [0.25, 0.3) is 10.9 Å². The standard InChI is InChI=1S/C25H21NO3S/c1-26-20-15-9-8-14-19(20)24(28)23(25(26)29)21(27)16-22(17-10-4-2-5-11-17)30-18-12-6-3-7-13-18/h2-15,22,28H,16H2,1H3/t22-/m0/s1. The number of pyridine rings is 1. The van der Waals surface area contributed by atoms with Gasteiger partial charge in [0.25, 0.3) is 5.56 Å². The van der Waals surface area contributed by atoms with E-state index in [0.29, 0.717) is 10.9 Å². The number of para-hydroxylation sites is 1. The van der Waals surface area contributed by atoms with Crippen LogP contribution >= 0.6 is 11.8 Å². The molecule has 1 heterocycles. The molecule has 1 atom stereocenters. The van der Waals surface area contributed by atoms with Crippen molar-refractivity contribution in [3.05, 3.63) is 106 Å².